The van der Waals surface area contributed by atoms with Gasteiger partial charge in [0.25, 0.3) is 0 Å². The third-order valence-electron chi connectivity index (χ3n) is 3.54. The van der Waals surface area contributed by atoms with Crippen LogP contribution in [0, 0.1) is 12.7 Å². The predicted molar refractivity (Wildman–Crippen MR) is 77.6 cm³/mol. The van der Waals surface area contributed by atoms with Gasteiger partial charge < -0.3 is 10.3 Å². The summed E-state index contributed by atoms with van der Waals surface area (Å²) in [6.07, 6.45) is 3.36. The molecule has 7 heteroatoms. The molecule has 4 aromatic rings. The molecule has 0 radical (unpaired) electrons. The zero-order valence-electron chi connectivity index (χ0n) is 11.1. The molecule has 0 spiro atoms. The molecular formula is C14H11FN6. The van der Waals surface area contributed by atoms with Crippen molar-refractivity contribution in [3.8, 4) is 5.69 Å². The lowest BCUT2D eigenvalue weighted by Gasteiger charge is -2.09. The monoisotopic (exact) mass is 282 g/mol. The number of aryl methyl sites for hydroxylation is 1. The Bertz CT molecular complexity index is 984. The van der Waals surface area contributed by atoms with Crippen molar-refractivity contribution in [2.45, 2.75) is 6.92 Å². The van der Waals surface area contributed by atoms with E-state index in [-0.39, 0.29) is 11.8 Å². The number of benzene rings is 1. The standard InChI is InChI=1S/C14H11FN6/c1-7-11(5-17-14(16)19-7)21-10-3-2-8(15)4-9(10)13-12(21)6-18-20-13/h2-6H,1H3,(H,18,20)(H2,16,17,19). The highest BCUT2D eigenvalue weighted by Crippen LogP contribution is 2.31. The third kappa shape index (κ3) is 1.60. The van der Waals surface area contributed by atoms with E-state index in [9.17, 15) is 4.39 Å². The second-order valence-electron chi connectivity index (χ2n) is 4.83. The molecule has 0 atom stereocenters. The SMILES string of the molecule is Cc1nc(N)ncc1-n1c2ccc(F)cc2c2[nH]ncc21. The molecule has 3 N–H and O–H groups in total. The van der Waals surface area contributed by atoms with Gasteiger partial charge in [-0.3, -0.25) is 5.10 Å². The maximum atomic E-state index is 13.5. The van der Waals surface area contributed by atoms with Crippen LogP contribution >= 0.6 is 0 Å². The number of rotatable bonds is 1. The molecule has 1 aromatic carbocycles. The van der Waals surface area contributed by atoms with Gasteiger partial charge in [0.05, 0.1) is 40.3 Å². The Balaban J connectivity index is 2.17. The number of nitrogens with two attached hydrogens (primary N) is 1. The largest absolute Gasteiger partial charge is 0.368 e. The van der Waals surface area contributed by atoms with E-state index in [1.807, 2.05) is 11.5 Å². The zero-order chi connectivity index (χ0) is 14.6. The third-order valence-corrected chi connectivity index (χ3v) is 3.54. The number of hydrogen-bond donors (Lipinski definition) is 2. The predicted octanol–water partition coefficient (Wildman–Crippen LogP) is 2.33. The van der Waals surface area contributed by atoms with Gasteiger partial charge in [0.15, 0.2) is 0 Å². The van der Waals surface area contributed by atoms with Crippen molar-refractivity contribution in [1.82, 2.24) is 24.7 Å². The first kappa shape index (κ1) is 11.8. The van der Waals surface area contributed by atoms with Crippen molar-refractivity contribution in [3.05, 3.63) is 42.1 Å². The van der Waals surface area contributed by atoms with Crippen molar-refractivity contribution in [2.75, 3.05) is 5.73 Å². The number of nitrogens with one attached hydrogen (secondary N) is 1. The fourth-order valence-corrected chi connectivity index (χ4v) is 2.64. The lowest BCUT2D eigenvalue weighted by molar-refractivity contribution is 0.629. The van der Waals surface area contributed by atoms with E-state index in [2.05, 4.69) is 20.2 Å². The Morgan fingerprint density at radius 1 is 1.24 bits per heavy atom. The highest BCUT2D eigenvalue weighted by atomic mass is 19.1. The van der Waals surface area contributed by atoms with Crippen LogP contribution in [0.4, 0.5) is 10.3 Å². The molecule has 0 saturated carbocycles. The average molecular weight is 282 g/mol. The molecule has 104 valence electrons. The van der Waals surface area contributed by atoms with Crippen LogP contribution in [-0.2, 0) is 0 Å². The van der Waals surface area contributed by atoms with Crippen molar-refractivity contribution in [3.63, 3.8) is 0 Å². The maximum absolute atomic E-state index is 13.5. The molecule has 0 fully saturated rings. The van der Waals surface area contributed by atoms with Crippen molar-refractivity contribution in [1.29, 1.82) is 0 Å². The number of aromatic nitrogens is 5. The second-order valence-corrected chi connectivity index (χ2v) is 4.83. The summed E-state index contributed by atoms with van der Waals surface area (Å²) < 4.78 is 15.5. The summed E-state index contributed by atoms with van der Waals surface area (Å²) in [6, 6.07) is 4.65. The van der Waals surface area contributed by atoms with Gasteiger partial charge in [0.2, 0.25) is 5.95 Å². The number of halogens is 1. The van der Waals surface area contributed by atoms with Crippen LogP contribution in [0.15, 0.2) is 30.6 Å². The topological polar surface area (TPSA) is 85.4 Å². The van der Waals surface area contributed by atoms with E-state index in [1.54, 1.807) is 18.5 Å². The number of H-pyrrole nitrogens is 1. The van der Waals surface area contributed by atoms with Crippen LogP contribution in [0.3, 0.4) is 0 Å². The summed E-state index contributed by atoms with van der Waals surface area (Å²) in [4.78, 5) is 8.24. The molecule has 0 aliphatic rings. The highest BCUT2D eigenvalue weighted by molar-refractivity contribution is 6.06. The lowest BCUT2D eigenvalue weighted by atomic mass is 10.2. The molecular weight excluding hydrogens is 271 g/mol. The van der Waals surface area contributed by atoms with Crippen molar-refractivity contribution in [2.24, 2.45) is 0 Å². The first-order valence-electron chi connectivity index (χ1n) is 6.37. The van der Waals surface area contributed by atoms with E-state index < -0.39 is 0 Å². The Labute approximate surface area is 118 Å². The first-order valence-corrected chi connectivity index (χ1v) is 6.37. The Hall–Kier alpha value is -2.96. The van der Waals surface area contributed by atoms with Crippen LogP contribution in [0.1, 0.15) is 5.69 Å². The minimum absolute atomic E-state index is 0.224. The fraction of sp³-hybridized carbons (Fsp3) is 0.0714. The van der Waals surface area contributed by atoms with Gasteiger partial charge in [-0.15, -0.1) is 0 Å². The molecule has 0 amide bonds. The number of hydrogen-bond acceptors (Lipinski definition) is 4. The van der Waals surface area contributed by atoms with Crippen LogP contribution in [0.5, 0.6) is 0 Å². The normalized spacial score (nSPS) is 11.5. The Kier molecular flexibility index (Phi) is 2.26. The van der Waals surface area contributed by atoms with E-state index in [4.69, 9.17) is 5.73 Å². The molecule has 0 unspecified atom stereocenters. The molecule has 0 aliphatic heterocycles. The number of fused-ring (bicyclic) bond motifs is 3. The van der Waals surface area contributed by atoms with Crippen LogP contribution in [0.2, 0.25) is 0 Å². The van der Waals surface area contributed by atoms with Gasteiger partial charge >= 0.3 is 0 Å². The van der Waals surface area contributed by atoms with Gasteiger partial charge in [-0.2, -0.15) is 5.10 Å². The maximum Gasteiger partial charge on any atom is 0.220 e. The van der Waals surface area contributed by atoms with Crippen molar-refractivity contribution < 1.29 is 4.39 Å². The van der Waals surface area contributed by atoms with E-state index in [0.717, 1.165) is 33.3 Å². The molecule has 4 rings (SSSR count). The number of anilines is 1. The van der Waals surface area contributed by atoms with E-state index in [0.29, 0.717) is 0 Å². The first-order chi connectivity index (χ1) is 10.1. The van der Waals surface area contributed by atoms with Gasteiger partial charge in [-0.1, -0.05) is 0 Å². The summed E-state index contributed by atoms with van der Waals surface area (Å²) in [5.74, 6) is -0.0661. The molecule has 3 aromatic heterocycles. The molecule has 0 aliphatic carbocycles. The zero-order valence-corrected chi connectivity index (χ0v) is 11.1. The van der Waals surface area contributed by atoms with Gasteiger partial charge in [0.1, 0.15) is 5.82 Å². The quantitative estimate of drug-likeness (QED) is 0.561. The molecule has 3 heterocycles. The smallest absolute Gasteiger partial charge is 0.220 e. The highest BCUT2D eigenvalue weighted by Gasteiger charge is 2.16. The van der Waals surface area contributed by atoms with Crippen molar-refractivity contribution >= 4 is 27.9 Å². The minimum atomic E-state index is -0.290. The summed E-state index contributed by atoms with van der Waals surface area (Å²) in [6.45, 7) is 1.86. The summed E-state index contributed by atoms with van der Waals surface area (Å²) >= 11 is 0. The second kappa shape index (κ2) is 4.02. The van der Waals surface area contributed by atoms with E-state index >= 15 is 0 Å². The molecule has 0 bridgehead atoms. The molecule has 0 saturated heterocycles. The number of nitrogen functional groups attached to an aromatic ring is 1. The summed E-state index contributed by atoms with van der Waals surface area (Å²) in [5, 5.41) is 7.71. The Morgan fingerprint density at radius 3 is 2.90 bits per heavy atom. The van der Waals surface area contributed by atoms with E-state index in [1.165, 1.54) is 12.1 Å². The van der Waals surface area contributed by atoms with Crippen LogP contribution < -0.4 is 5.73 Å². The van der Waals surface area contributed by atoms with Gasteiger partial charge in [0, 0.05) is 5.39 Å². The number of aromatic amines is 1. The van der Waals surface area contributed by atoms with Crippen LogP contribution in [0.25, 0.3) is 27.6 Å². The lowest BCUT2D eigenvalue weighted by Crippen LogP contribution is -2.03. The van der Waals surface area contributed by atoms with Crippen LogP contribution in [-0.4, -0.2) is 24.7 Å². The minimum Gasteiger partial charge on any atom is -0.368 e. The summed E-state index contributed by atoms with van der Waals surface area (Å²) in [7, 11) is 0. The average Bonchev–Trinajstić information content (AvgIpc) is 3.00. The van der Waals surface area contributed by atoms with Gasteiger partial charge in [-0.25, -0.2) is 14.4 Å². The molecule has 6 nitrogen and oxygen atoms in total. The Morgan fingerprint density at radius 2 is 2.10 bits per heavy atom. The summed E-state index contributed by atoms with van der Waals surface area (Å²) in [5.41, 5.74) is 9.61. The molecule has 21 heavy (non-hydrogen) atoms. The van der Waals surface area contributed by atoms with Gasteiger partial charge in [-0.05, 0) is 25.1 Å². The number of nitrogens with zero attached hydrogens (tertiary/aromatic N) is 4. The fourth-order valence-electron chi connectivity index (χ4n) is 2.64.